The average Bonchev–Trinajstić information content (AvgIpc) is 3.49. The highest BCUT2D eigenvalue weighted by atomic mass is 16.7. The van der Waals surface area contributed by atoms with E-state index in [1.54, 1.807) is 65.8 Å². The molecule has 3 aromatic rings. The molecule has 1 unspecified atom stereocenters. The largest absolute Gasteiger partial charge is 0.491 e. The minimum Gasteiger partial charge on any atom is -0.491 e. The Bertz CT molecular complexity index is 1590. The van der Waals surface area contributed by atoms with Crippen LogP contribution in [0.1, 0.15) is 61.6 Å². The summed E-state index contributed by atoms with van der Waals surface area (Å²) in [7, 11) is 0. The molecule has 244 valence electrons. The molecule has 1 fully saturated rings. The van der Waals surface area contributed by atoms with E-state index >= 15 is 0 Å². The van der Waals surface area contributed by atoms with Gasteiger partial charge in [0, 0.05) is 5.56 Å². The maximum atomic E-state index is 13.1. The van der Waals surface area contributed by atoms with Gasteiger partial charge in [0.25, 0.3) is 5.56 Å². The number of aromatic amines is 1. The second-order valence-corrected chi connectivity index (χ2v) is 12.1. The molecule has 0 aliphatic carbocycles. The van der Waals surface area contributed by atoms with Crippen molar-refractivity contribution in [3.8, 4) is 17.1 Å². The number of nitrogens with one attached hydrogen (secondary N) is 1. The fourth-order valence-electron chi connectivity index (χ4n) is 4.59. The maximum absolute atomic E-state index is 13.1. The number of esters is 3. The quantitative estimate of drug-likeness (QED) is 0.233. The Balaban J connectivity index is 1.91. The maximum Gasteiger partial charge on any atom is 0.308 e. The summed E-state index contributed by atoms with van der Waals surface area (Å²) in [6.07, 6.45) is -4.80. The third kappa shape index (κ3) is 7.44. The van der Waals surface area contributed by atoms with Crippen molar-refractivity contribution in [2.24, 2.45) is 17.8 Å². The molecule has 0 amide bonds. The normalized spacial score (nSPS) is 19.9. The molecule has 0 radical (unpaired) electrons. The van der Waals surface area contributed by atoms with E-state index in [2.05, 4.69) is 15.0 Å². The monoisotopic (exact) mass is 627 g/mol. The van der Waals surface area contributed by atoms with Crippen molar-refractivity contribution in [1.82, 2.24) is 19.5 Å². The van der Waals surface area contributed by atoms with Crippen LogP contribution in [0.2, 0.25) is 0 Å². The van der Waals surface area contributed by atoms with E-state index in [0.717, 1.165) is 0 Å². The van der Waals surface area contributed by atoms with Crippen LogP contribution in [0.25, 0.3) is 22.6 Å². The first kappa shape index (κ1) is 33.4. The number of carbonyl (C=O) groups is 3. The van der Waals surface area contributed by atoms with Gasteiger partial charge in [0.1, 0.15) is 24.3 Å². The van der Waals surface area contributed by atoms with Gasteiger partial charge in [-0.1, -0.05) is 41.5 Å². The zero-order chi connectivity index (χ0) is 33.2. The van der Waals surface area contributed by atoms with Gasteiger partial charge < -0.3 is 29.4 Å². The molecule has 4 rings (SSSR count). The fourth-order valence-corrected chi connectivity index (χ4v) is 4.59. The molecule has 4 atom stereocenters. The molecule has 0 spiro atoms. The Morgan fingerprint density at radius 2 is 1.47 bits per heavy atom. The Labute approximate surface area is 260 Å². The number of anilines is 1. The molecule has 1 aliphatic rings. The Morgan fingerprint density at radius 3 is 2.02 bits per heavy atom. The van der Waals surface area contributed by atoms with Gasteiger partial charge in [0.15, 0.2) is 29.6 Å². The Hall–Kier alpha value is -4.46. The number of imidazole rings is 1. The van der Waals surface area contributed by atoms with Crippen LogP contribution in [0.5, 0.6) is 5.75 Å². The zero-order valence-corrected chi connectivity index (χ0v) is 26.7. The van der Waals surface area contributed by atoms with Crippen molar-refractivity contribution in [2.45, 2.75) is 86.0 Å². The number of hydrogen-bond donors (Lipinski definition) is 2. The van der Waals surface area contributed by atoms with Crippen LogP contribution in [-0.2, 0) is 33.3 Å². The lowest BCUT2D eigenvalue weighted by Gasteiger charge is -2.26. The van der Waals surface area contributed by atoms with Crippen LogP contribution >= 0.6 is 0 Å². The number of carbonyl (C=O) groups excluding carboxylic acids is 3. The third-order valence-corrected chi connectivity index (χ3v) is 6.90. The molecule has 45 heavy (non-hydrogen) atoms. The van der Waals surface area contributed by atoms with Crippen LogP contribution in [-0.4, -0.2) is 68.4 Å². The molecular weight excluding hydrogens is 586 g/mol. The Morgan fingerprint density at radius 1 is 0.889 bits per heavy atom. The molecule has 14 nitrogen and oxygen atoms in total. The van der Waals surface area contributed by atoms with E-state index in [-0.39, 0.29) is 35.6 Å². The van der Waals surface area contributed by atoms with Gasteiger partial charge in [0.2, 0.25) is 5.95 Å². The first-order chi connectivity index (χ1) is 21.2. The molecule has 14 heteroatoms. The number of rotatable bonds is 11. The van der Waals surface area contributed by atoms with E-state index in [1.807, 2.05) is 13.8 Å². The summed E-state index contributed by atoms with van der Waals surface area (Å²) < 4.78 is 31.0. The second-order valence-electron chi connectivity index (χ2n) is 12.1. The topological polar surface area (TPSA) is 187 Å². The second kappa shape index (κ2) is 13.7. The van der Waals surface area contributed by atoms with E-state index in [1.165, 1.54) is 4.57 Å². The van der Waals surface area contributed by atoms with Gasteiger partial charge in [-0.2, -0.15) is 4.98 Å². The molecule has 3 N–H and O–H groups in total. The summed E-state index contributed by atoms with van der Waals surface area (Å²) >= 11 is 0. The summed E-state index contributed by atoms with van der Waals surface area (Å²) in [6, 6.07) is 6.99. The van der Waals surface area contributed by atoms with Crippen LogP contribution in [0.15, 0.2) is 29.1 Å². The number of hydrogen-bond acceptors (Lipinski definition) is 12. The smallest absolute Gasteiger partial charge is 0.308 e. The number of H-pyrrole nitrogens is 1. The van der Waals surface area contributed by atoms with Gasteiger partial charge in [-0.3, -0.25) is 28.7 Å². The van der Waals surface area contributed by atoms with Crippen LogP contribution in [0.4, 0.5) is 5.95 Å². The lowest BCUT2D eigenvalue weighted by molar-refractivity contribution is -0.173. The van der Waals surface area contributed by atoms with E-state index < -0.39 is 65.8 Å². The van der Waals surface area contributed by atoms with Gasteiger partial charge in [-0.05, 0) is 38.1 Å². The minimum absolute atomic E-state index is 0.0399. The lowest BCUT2D eigenvalue weighted by atomic mass is 10.1. The van der Waals surface area contributed by atoms with E-state index in [9.17, 15) is 19.2 Å². The lowest BCUT2D eigenvalue weighted by Crippen LogP contribution is -2.42. The number of ether oxygens (including phenoxy) is 5. The number of nitrogens with zero attached hydrogens (tertiary/aromatic N) is 3. The van der Waals surface area contributed by atoms with Crippen LogP contribution in [0.3, 0.4) is 0 Å². The summed E-state index contributed by atoms with van der Waals surface area (Å²) in [6.45, 7) is 13.5. The number of nitrogens with two attached hydrogens (primary N) is 1. The first-order valence-corrected chi connectivity index (χ1v) is 15.0. The average molecular weight is 628 g/mol. The first-order valence-electron chi connectivity index (χ1n) is 15.0. The summed E-state index contributed by atoms with van der Waals surface area (Å²) in [4.78, 5) is 62.8. The fraction of sp³-hybridized carbons (Fsp3) is 0.548. The van der Waals surface area contributed by atoms with Crippen molar-refractivity contribution in [1.29, 1.82) is 0 Å². The van der Waals surface area contributed by atoms with E-state index in [0.29, 0.717) is 11.3 Å². The van der Waals surface area contributed by atoms with Crippen molar-refractivity contribution in [3.05, 3.63) is 34.6 Å². The Kier molecular flexibility index (Phi) is 10.2. The highest BCUT2D eigenvalue weighted by Crippen LogP contribution is 2.39. The van der Waals surface area contributed by atoms with Crippen molar-refractivity contribution in [3.63, 3.8) is 0 Å². The van der Waals surface area contributed by atoms with Crippen LogP contribution in [0, 0.1) is 17.8 Å². The van der Waals surface area contributed by atoms with Crippen molar-refractivity contribution >= 4 is 35.0 Å². The predicted octanol–water partition coefficient (Wildman–Crippen LogP) is 3.39. The van der Waals surface area contributed by atoms with Gasteiger partial charge in [0.05, 0.1) is 23.9 Å². The van der Waals surface area contributed by atoms with Crippen LogP contribution < -0.4 is 16.0 Å². The highest BCUT2D eigenvalue weighted by molar-refractivity contribution is 5.78. The molecule has 2 aromatic heterocycles. The number of fused-ring (bicyclic) bond motifs is 1. The van der Waals surface area contributed by atoms with E-state index in [4.69, 9.17) is 29.4 Å². The van der Waals surface area contributed by atoms with Gasteiger partial charge in [-0.25, -0.2) is 4.98 Å². The summed E-state index contributed by atoms with van der Waals surface area (Å²) in [5.74, 6) is -2.51. The number of aromatic nitrogens is 4. The third-order valence-electron chi connectivity index (χ3n) is 6.90. The molecular formula is C31H41N5O9. The molecule has 3 heterocycles. The SMILES string of the molecule is CC(C)Oc1ccc(-c2nc3c(=O)[nH]c(N)nc3n2C2O[C@@H](COC(=O)C(C)C)[C@@H](OC(=O)C(C)C)[C@@H]2OC(=O)C(C)C)cc1. The molecule has 0 bridgehead atoms. The highest BCUT2D eigenvalue weighted by Gasteiger charge is 2.52. The summed E-state index contributed by atoms with van der Waals surface area (Å²) in [5.41, 5.74) is 5.88. The molecule has 1 aliphatic heterocycles. The van der Waals surface area contributed by atoms with Crippen molar-refractivity contribution in [2.75, 3.05) is 12.3 Å². The van der Waals surface area contributed by atoms with Crippen molar-refractivity contribution < 1.29 is 38.1 Å². The molecule has 1 aromatic carbocycles. The van der Waals surface area contributed by atoms with Gasteiger partial charge >= 0.3 is 17.9 Å². The van der Waals surface area contributed by atoms with Gasteiger partial charge in [-0.15, -0.1) is 0 Å². The summed E-state index contributed by atoms with van der Waals surface area (Å²) in [5, 5.41) is 0. The minimum atomic E-state index is -1.26. The predicted molar refractivity (Wildman–Crippen MR) is 163 cm³/mol. The zero-order valence-electron chi connectivity index (χ0n) is 26.7. The molecule has 1 saturated heterocycles. The molecule has 0 saturated carbocycles. The number of nitrogen functional groups attached to an aromatic ring is 1. The standard InChI is InChI=1S/C31H41N5O9/c1-14(2)28(38)41-13-20-22(44-29(39)15(3)4)23(45-30(40)16(5)6)27(43-20)36-24(18-9-11-19(12-10-18)42-17(7)8)33-21-25(36)34-31(32)35-26(21)37/h9-12,14-17,20,22-23,27H,13H2,1-8H3,(H3,32,34,35,37)/t20-,22+,23-,27?/m0/s1. The number of benzene rings is 1.